The highest BCUT2D eigenvalue weighted by atomic mass is 16.1. The summed E-state index contributed by atoms with van der Waals surface area (Å²) >= 11 is 0. The van der Waals surface area contributed by atoms with Crippen LogP contribution in [-0.2, 0) is 13.1 Å². The molecule has 0 aromatic heterocycles. The van der Waals surface area contributed by atoms with Gasteiger partial charge in [0.1, 0.15) is 0 Å². The summed E-state index contributed by atoms with van der Waals surface area (Å²) in [5.74, 6) is 0.520. The smallest absolute Gasteiger partial charge is 0.251 e. The standard InChI is InChI=1S/C25H26N2O/c1-18-7-9-20(10-8-18)16-26-24-15-23(24)21-11-13-22(14-12-21)25(28)27-17-19-5-3-2-4-6-19/h2-14,23-24,26H,15-17H2,1H3,(H,27,28)/t23-,24+/m0/s1. The fourth-order valence-corrected chi connectivity index (χ4v) is 3.51. The van der Waals surface area contributed by atoms with E-state index in [-0.39, 0.29) is 5.91 Å². The minimum atomic E-state index is -0.0275. The molecule has 3 aromatic carbocycles. The Morgan fingerprint density at radius 3 is 2.25 bits per heavy atom. The maximum atomic E-state index is 12.3. The van der Waals surface area contributed by atoms with Gasteiger partial charge in [-0.1, -0.05) is 72.3 Å². The highest BCUT2D eigenvalue weighted by Crippen LogP contribution is 2.40. The van der Waals surface area contributed by atoms with Crippen LogP contribution >= 0.6 is 0 Å². The van der Waals surface area contributed by atoms with Crippen LogP contribution in [0.3, 0.4) is 0 Å². The number of rotatable bonds is 7. The lowest BCUT2D eigenvalue weighted by Gasteiger charge is -2.07. The summed E-state index contributed by atoms with van der Waals surface area (Å²) in [4.78, 5) is 12.3. The molecule has 0 heterocycles. The Balaban J connectivity index is 1.26. The van der Waals surface area contributed by atoms with Crippen LogP contribution in [0.25, 0.3) is 0 Å². The predicted molar refractivity (Wildman–Crippen MR) is 113 cm³/mol. The molecule has 4 rings (SSSR count). The first-order valence-corrected chi connectivity index (χ1v) is 9.90. The molecule has 1 aliphatic carbocycles. The van der Waals surface area contributed by atoms with Gasteiger partial charge in [0.2, 0.25) is 0 Å². The third-order valence-electron chi connectivity index (χ3n) is 5.38. The molecule has 2 N–H and O–H groups in total. The molecule has 3 heteroatoms. The zero-order valence-corrected chi connectivity index (χ0v) is 16.2. The molecule has 3 nitrogen and oxygen atoms in total. The minimum absolute atomic E-state index is 0.0275. The van der Waals surface area contributed by atoms with Gasteiger partial charge in [-0.05, 0) is 42.2 Å². The van der Waals surface area contributed by atoms with E-state index in [9.17, 15) is 4.79 Å². The summed E-state index contributed by atoms with van der Waals surface area (Å²) in [6.45, 7) is 3.57. The fraction of sp³-hybridized carbons (Fsp3) is 0.240. The molecule has 1 amide bonds. The van der Waals surface area contributed by atoms with Gasteiger partial charge < -0.3 is 10.6 Å². The Kier molecular flexibility index (Phi) is 5.54. The maximum absolute atomic E-state index is 12.3. The van der Waals surface area contributed by atoms with Crippen molar-refractivity contribution in [2.45, 2.75) is 38.4 Å². The fourth-order valence-electron chi connectivity index (χ4n) is 3.51. The zero-order chi connectivity index (χ0) is 19.3. The Morgan fingerprint density at radius 2 is 1.54 bits per heavy atom. The van der Waals surface area contributed by atoms with E-state index in [1.54, 1.807) is 0 Å². The molecular formula is C25H26N2O. The third kappa shape index (κ3) is 4.68. The van der Waals surface area contributed by atoms with Crippen molar-refractivity contribution in [2.75, 3.05) is 0 Å². The summed E-state index contributed by atoms with van der Waals surface area (Å²) < 4.78 is 0. The number of carbonyl (C=O) groups is 1. The number of carbonyl (C=O) groups excluding carboxylic acids is 1. The largest absolute Gasteiger partial charge is 0.348 e. The predicted octanol–water partition coefficient (Wildman–Crippen LogP) is 4.57. The Labute approximate surface area is 166 Å². The first-order chi connectivity index (χ1) is 13.7. The van der Waals surface area contributed by atoms with Crippen molar-refractivity contribution in [3.63, 3.8) is 0 Å². The molecule has 1 fully saturated rings. The van der Waals surface area contributed by atoms with E-state index in [0.717, 1.165) is 18.5 Å². The average molecular weight is 370 g/mol. The van der Waals surface area contributed by atoms with Crippen LogP contribution in [0.15, 0.2) is 78.9 Å². The second-order valence-electron chi connectivity index (χ2n) is 7.61. The lowest BCUT2D eigenvalue weighted by Crippen LogP contribution is -2.22. The molecule has 1 aliphatic rings. The van der Waals surface area contributed by atoms with Crippen LogP contribution in [0.2, 0.25) is 0 Å². The Morgan fingerprint density at radius 1 is 0.857 bits per heavy atom. The van der Waals surface area contributed by atoms with Crippen LogP contribution in [0.4, 0.5) is 0 Å². The van der Waals surface area contributed by atoms with Gasteiger partial charge in [0.15, 0.2) is 0 Å². The van der Waals surface area contributed by atoms with Gasteiger partial charge in [0, 0.05) is 30.6 Å². The zero-order valence-electron chi connectivity index (χ0n) is 16.2. The van der Waals surface area contributed by atoms with E-state index in [1.165, 1.54) is 16.7 Å². The molecule has 0 unspecified atom stereocenters. The van der Waals surface area contributed by atoms with Gasteiger partial charge in [-0.15, -0.1) is 0 Å². The quantitative estimate of drug-likeness (QED) is 0.640. The molecule has 28 heavy (non-hydrogen) atoms. The monoisotopic (exact) mass is 370 g/mol. The van der Waals surface area contributed by atoms with Gasteiger partial charge in [-0.2, -0.15) is 0 Å². The van der Waals surface area contributed by atoms with Crippen LogP contribution < -0.4 is 10.6 Å². The minimum Gasteiger partial charge on any atom is -0.348 e. The van der Waals surface area contributed by atoms with Crippen molar-refractivity contribution in [3.05, 3.63) is 107 Å². The van der Waals surface area contributed by atoms with Crippen LogP contribution in [0.5, 0.6) is 0 Å². The van der Waals surface area contributed by atoms with Crippen molar-refractivity contribution < 1.29 is 4.79 Å². The summed E-state index contributed by atoms with van der Waals surface area (Å²) in [5, 5.41) is 6.62. The molecule has 0 bridgehead atoms. The van der Waals surface area contributed by atoms with Crippen molar-refractivity contribution in [3.8, 4) is 0 Å². The molecule has 1 saturated carbocycles. The Bertz CT molecular complexity index is 917. The summed E-state index contributed by atoms with van der Waals surface area (Å²) in [6, 6.07) is 27.2. The van der Waals surface area contributed by atoms with E-state index >= 15 is 0 Å². The number of hydrogen-bond donors (Lipinski definition) is 2. The van der Waals surface area contributed by atoms with Crippen molar-refractivity contribution in [1.29, 1.82) is 0 Å². The third-order valence-corrected chi connectivity index (χ3v) is 5.38. The van der Waals surface area contributed by atoms with E-state index in [1.807, 2.05) is 42.5 Å². The van der Waals surface area contributed by atoms with Crippen LogP contribution in [-0.4, -0.2) is 11.9 Å². The second kappa shape index (κ2) is 8.41. The van der Waals surface area contributed by atoms with Gasteiger partial charge in [-0.3, -0.25) is 4.79 Å². The highest BCUT2D eigenvalue weighted by molar-refractivity contribution is 5.94. The van der Waals surface area contributed by atoms with Crippen molar-refractivity contribution in [2.24, 2.45) is 0 Å². The number of benzene rings is 3. The molecule has 0 spiro atoms. The molecule has 0 saturated heterocycles. The van der Waals surface area contributed by atoms with E-state index in [2.05, 4.69) is 54.0 Å². The van der Waals surface area contributed by atoms with Gasteiger partial charge in [0.25, 0.3) is 5.91 Å². The molecule has 2 atom stereocenters. The first-order valence-electron chi connectivity index (χ1n) is 9.90. The lowest BCUT2D eigenvalue weighted by atomic mass is 10.1. The Hall–Kier alpha value is -2.91. The number of amides is 1. The summed E-state index contributed by atoms with van der Waals surface area (Å²) in [6.07, 6.45) is 1.16. The van der Waals surface area contributed by atoms with E-state index in [0.29, 0.717) is 24.1 Å². The van der Waals surface area contributed by atoms with Crippen molar-refractivity contribution in [1.82, 2.24) is 10.6 Å². The maximum Gasteiger partial charge on any atom is 0.251 e. The lowest BCUT2D eigenvalue weighted by molar-refractivity contribution is 0.0951. The van der Waals surface area contributed by atoms with Gasteiger partial charge >= 0.3 is 0 Å². The summed E-state index contributed by atoms with van der Waals surface area (Å²) in [5.41, 5.74) is 5.74. The highest BCUT2D eigenvalue weighted by Gasteiger charge is 2.37. The molecule has 0 radical (unpaired) electrons. The second-order valence-corrected chi connectivity index (χ2v) is 7.61. The first kappa shape index (κ1) is 18.5. The average Bonchev–Trinajstić information content (AvgIpc) is 3.52. The topological polar surface area (TPSA) is 41.1 Å². The van der Waals surface area contributed by atoms with E-state index in [4.69, 9.17) is 0 Å². The normalized spacial score (nSPS) is 17.9. The molecular weight excluding hydrogens is 344 g/mol. The van der Waals surface area contributed by atoms with Gasteiger partial charge in [-0.25, -0.2) is 0 Å². The number of hydrogen-bond acceptors (Lipinski definition) is 2. The van der Waals surface area contributed by atoms with Crippen LogP contribution in [0.1, 0.15) is 45.0 Å². The number of aryl methyl sites for hydroxylation is 1. The molecule has 3 aromatic rings. The number of nitrogens with one attached hydrogen (secondary N) is 2. The van der Waals surface area contributed by atoms with Crippen LogP contribution in [0, 0.1) is 6.92 Å². The van der Waals surface area contributed by atoms with E-state index < -0.39 is 0 Å². The van der Waals surface area contributed by atoms with Crippen molar-refractivity contribution >= 4 is 5.91 Å². The SMILES string of the molecule is Cc1ccc(CN[C@@H]2C[C@H]2c2ccc(C(=O)NCc3ccccc3)cc2)cc1. The van der Waals surface area contributed by atoms with Gasteiger partial charge in [0.05, 0.1) is 0 Å². The molecule has 142 valence electrons. The molecule has 0 aliphatic heterocycles. The summed E-state index contributed by atoms with van der Waals surface area (Å²) in [7, 11) is 0.